The lowest BCUT2D eigenvalue weighted by Gasteiger charge is -2.23. The Hall–Kier alpha value is -1.38. The van der Waals surface area contributed by atoms with Crippen molar-refractivity contribution in [2.75, 3.05) is 11.9 Å². The highest BCUT2D eigenvalue weighted by atomic mass is 79.9. The predicted octanol–water partition coefficient (Wildman–Crippen LogP) is 3.18. The maximum absolute atomic E-state index is 11.9. The minimum atomic E-state index is -0.0313. The van der Waals surface area contributed by atoms with Gasteiger partial charge in [0.15, 0.2) is 0 Å². The van der Waals surface area contributed by atoms with Gasteiger partial charge in [0.1, 0.15) is 6.07 Å². The first-order chi connectivity index (χ1) is 9.69. The molecule has 1 heterocycles. The van der Waals surface area contributed by atoms with Gasteiger partial charge < -0.3 is 10.6 Å². The molecule has 0 aromatic heterocycles. The summed E-state index contributed by atoms with van der Waals surface area (Å²) in [5, 5.41) is 15.3. The smallest absolute Gasteiger partial charge is 0.224 e. The van der Waals surface area contributed by atoms with Gasteiger partial charge in [-0.15, -0.1) is 0 Å². The van der Waals surface area contributed by atoms with Crippen molar-refractivity contribution in [1.29, 1.82) is 5.26 Å². The minimum absolute atomic E-state index is 0.0313. The van der Waals surface area contributed by atoms with Crippen LogP contribution in [0.1, 0.15) is 37.7 Å². The van der Waals surface area contributed by atoms with Crippen molar-refractivity contribution in [2.45, 2.75) is 38.1 Å². The number of rotatable bonds is 4. The van der Waals surface area contributed by atoms with Crippen molar-refractivity contribution in [3.8, 4) is 6.07 Å². The molecule has 1 atom stereocenters. The summed E-state index contributed by atoms with van der Waals surface area (Å²) in [6.45, 7) is 1.05. The molecule has 20 heavy (non-hydrogen) atoms. The molecule has 0 aliphatic carbocycles. The number of benzene rings is 1. The third-order valence-corrected chi connectivity index (χ3v) is 4.00. The predicted molar refractivity (Wildman–Crippen MR) is 82.4 cm³/mol. The zero-order valence-electron chi connectivity index (χ0n) is 11.3. The minimum Gasteiger partial charge on any atom is -0.325 e. The Morgan fingerprint density at radius 1 is 1.50 bits per heavy atom. The van der Waals surface area contributed by atoms with Crippen LogP contribution in [0.25, 0.3) is 0 Å². The van der Waals surface area contributed by atoms with Gasteiger partial charge in [-0.3, -0.25) is 4.79 Å². The molecule has 5 heteroatoms. The molecule has 0 bridgehead atoms. The van der Waals surface area contributed by atoms with E-state index >= 15 is 0 Å². The molecule has 1 aliphatic rings. The van der Waals surface area contributed by atoms with E-state index in [1.165, 1.54) is 12.8 Å². The molecular formula is C15H18BrN3O. The Bertz CT molecular complexity index is 518. The number of hydrogen-bond donors (Lipinski definition) is 2. The van der Waals surface area contributed by atoms with Crippen molar-refractivity contribution in [1.82, 2.24) is 5.32 Å². The largest absolute Gasteiger partial charge is 0.325 e. The summed E-state index contributed by atoms with van der Waals surface area (Å²) in [4.78, 5) is 11.9. The van der Waals surface area contributed by atoms with Crippen molar-refractivity contribution in [3.05, 3.63) is 28.2 Å². The van der Waals surface area contributed by atoms with E-state index in [0.29, 0.717) is 23.7 Å². The van der Waals surface area contributed by atoms with Gasteiger partial charge in [-0.1, -0.05) is 22.4 Å². The Labute approximate surface area is 127 Å². The van der Waals surface area contributed by atoms with E-state index in [9.17, 15) is 4.79 Å². The molecule has 2 rings (SSSR count). The van der Waals surface area contributed by atoms with Crippen LogP contribution in [0.3, 0.4) is 0 Å². The second-order valence-corrected chi connectivity index (χ2v) is 5.95. The molecule has 1 amide bonds. The maximum Gasteiger partial charge on any atom is 0.224 e. The van der Waals surface area contributed by atoms with E-state index in [4.69, 9.17) is 5.26 Å². The van der Waals surface area contributed by atoms with Crippen molar-refractivity contribution < 1.29 is 4.79 Å². The summed E-state index contributed by atoms with van der Waals surface area (Å²) in [6.07, 6.45) is 4.95. The number of nitrogens with zero attached hydrogens (tertiary/aromatic N) is 1. The number of piperidine rings is 1. The number of halogens is 1. The molecule has 106 valence electrons. The van der Waals surface area contributed by atoms with E-state index in [0.717, 1.165) is 23.9 Å². The van der Waals surface area contributed by atoms with Gasteiger partial charge in [0.05, 0.1) is 11.3 Å². The third-order valence-electron chi connectivity index (χ3n) is 3.51. The number of nitrogens with one attached hydrogen (secondary N) is 2. The molecule has 0 radical (unpaired) electrons. The average molecular weight is 336 g/mol. The van der Waals surface area contributed by atoms with E-state index < -0.39 is 0 Å². The van der Waals surface area contributed by atoms with Crippen LogP contribution in [0.15, 0.2) is 22.7 Å². The summed E-state index contributed by atoms with van der Waals surface area (Å²) in [7, 11) is 0. The second-order valence-electron chi connectivity index (χ2n) is 5.04. The first-order valence-electron chi connectivity index (χ1n) is 6.92. The van der Waals surface area contributed by atoms with E-state index in [1.54, 1.807) is 12.1 Å². The standard InChI is InChI=1S/C15H18BrN3O/c16-12-4-6-14(11(9-12)10-17)19-15(20)7-5-13-3-1-2-8-18-13/h4,6,9,13,18H,1-3,5,7-8H2,(H,19,20). The molecule has 1 aliphatic heterocycles. The molecule has 1 aromatic carbocycles. The lowest BCUT2D eigenvalue weighted by atomic mass is 10.0. The van der Waals surface area contributed by atoms with Crippen LogP contribution in [0.2, 0.25) is 0 Å². The number of carbonyl (C=O) groups is 1. The lowest BCUT2D eigenvalue weighted by molar-refractivity contribution is -0.116. The fourth-order valence-corrected chi connectivity index (χ4v) is 2.77. The molecule has 0 spiro atoms. The van der Waals surface area contributed by atoms with Crippen LogP contribution in [-0.4, -0.2) is 18.5 Å². The number of amides is 1. The SMILES string of the molecule is N#Cc1cc(Br)ccc1NC(=O)CCC1CCCCN1. The quantitative estimate of drug-likeness (QED) is 0.888. The number of nitriles is 1. The van der Waals surface area contributed by atoms with Crippen molar-refractivity contribution >= 4 is 27.5 Å². The Morgan fingerprint density at radius 2 is 2.35 bits per heavy atom. The average Bonchev–Trinajstić information content (AvgIpc) is 2.48. The summed E-state index contributed by atoms with van der Waals surface area (Å²) >= 11 is 3.31. The van der Waals surface area contributed by atoms with Crippen LogP contribution < -0.4 is 10.6 Å². The first-order valence-corrected chi connectivity index (χ1v) is 7.71. The van der Waals surface area contributed by atoms with Gasteiger partial charge in [-0.25, -0.2) is 0 Å². The number of hydrogen-bond acceptors (Lipinski definition) is 3. The van der Waals surface area contributed by atoms with Gasteiger partial charge in [0, 0.05) is 16.9 Å². The van der Waals surface area contributed by atoms with E-state index in [1.807, 2.05) is 6.07 Å². The van der Waals surface area contributed by atoms with Gasteiger partial charge in [-0.2, -0.15) is 5.26 Å². The summed E-state index contributed by atoms with van der Waals surface area (Å²) < 4.78 is 0.832. The highest BCUT2D eigenvalue weighted by molar-refractivity contribution is 9.10. The fraction of sp³-hybridized carbons (Fsp3) is 0.467. The van der Waals surface area contributed by atoms with Gasteiger partial charge >= 0.3 is 0 Å². The van der Waals surface area contributed by atoms with Crippen molar-refractivity contribution in [2.24, 2.45) is 0 Å². The second kappa shape index (κ2) is 7.41. The van der Waals surface area contributed by atoms with Gasteiger partial charge in [-0.05, 0) is 44.0 Å². The lowest BCUT2D eigenvalue weighted by Crippen LogP contribution is -2.34. The van der Waals surface area contributed by atoms with Crippen molar-refractivity contribution in [3.63, 3.8) is 0 Å². The van der Waals surface area contributed by atoms with Crippen LogP contribution in [0.5, 0.6) is 0 Å². The van der Waals surface area contributed by atoms with Crippen LogP contribution in [0.4, 0.5) is 5.69 Å². The molecule has 1 fully saturated rings. The number of carbonyl (C=O) groups excluding carboxylic acids is 1. The normalized spacial score (nSPS) is 18.3. The summed E-state index contributed by atoms with van der Waals surface area (Å²) in [6, 6.07) is 7.82. The van der Waals surface area contributed by atoms with Gasteiger partial charge in [0.2, 0.25) is 5.91 Å². The third kappa shape index (κ3) is 4.32. The van der Waals surface area contributed by atoms with E-state index in [2.05, 4.69) is 32.6 Å². The van der Waals surface area contributed by atoms with Crippen LogP contribution >= 0.6 is 15.9 Å². The Balaban J connectivity index is 1.86. The van der Waals surface area contributed by atoms with Crippen LogP contribution in [0, 0.1) is 11.3 Å². The molecule has 4 nitrogen and oxygen atoms in total. The first kappa shape index (κ1) is 15.0. The highest BCUT2D eigenvalue weighted by Crippen LogP contribution is 2.21. The topological polar surface area (TPSA) is 64.9 Å². The molecule has 1 aromatic rings. The monoisotopic (exact) mass is 335 g/mol. The zero-order chi connectivity index (χ0) is 14.4. The van der Waals surface area contributed by atoms with E-state index in [-0.39, 0.29) is 5.91 Å². The molecule has 1 saturated heterocycles. The molecule has 2 N–H and O–H groups in total. The zero-order valence-corrected chi connectivity index (χ0v) is 12.9. The highest BCUT2D eigenvalue weighted by Gasteiger charge is 2.14. The number of anilines is 1. The molecule has 0 saturated carbocycles. The summed E-state index contributed by atoms with van der Waals surface area (Å²) in [5.41, 5.74) is 1.06. The molecular weight excluding hydrogens is 318 g/mol. The Kier molecular flexibility index (Phi) is 5.57. The Morgan fingerprint density at radius 3 is 3.05 bits per heavy atom. The fourth-order valence-electron chi connectivity index (χ4n) is 2.41. The molecule has 1 unspecified atom stereocenters. The summed E-state index contributed by atoms with van der Waals surface area (Å²) in [5.74, 6) is -0.0313. The van der Waals surface area contributed by atoms with Crippen LogP contribution in [-0.2, 0) is 4.79 Å². The van der Waals surface area contributed by atoms with Gasteiger partial charge in [0.25, 0.3) is 0 Å². The maximum atomic E-state index is 11.9.